The van der Waals surface area contributed by atoms with Gasteiger partial charge >= 0.3 is 0 Å². The van der Waals surface area contributed by atoms with Gasteiger partial charge in [-0.25, -0.2) is 0 Å². The predicted octanol–water partition coefficient (Wildman–Crippen LogP) is 2.07. The SMILES string of the molecule is COCCNC(=O)c1cccc(NCC(=O)Nc2ccc(NC(C)=O)cc2)c1. The van der Waals surface area contributed by atoms with Crippen molar-refractivity contribution in [3.63, 3.8) is 0 Å². The second kappa shape index (κ2) is 10.7. The standard InChI is InChI=1S/C20H24N4O4/c1-14(25)23-16-6-8-17(9-7-16)24-19(26)13-22-18-5-3-4-15(12-18)20(27)21-10-11-28-2/h3-9,12,22H,10-11,13H2,1-2H3,(H,21,27)(H,23,25)(H,24,26). The summed E-state index contributed by atoms with van der Waals surface area (Å²) in [5.74, 6) is -0.595. The topological polar surface area (TPSA) is 109 Å². The molecule has 0 bridgehead atoms. The van der Waals surface area contributed by atoms with E-state index in [0.717, 1.165) is 0 Å². The molecule has 0 heterocycles. The van der Waals surface area contributed by atoms with E-state index in [2.05, 4.69) is 21.3 Å². The summed E-state index contributed by atoms with van der Waals surface area (Å²) in [6.45, 7) is 2.34. The highest BCUT2D eigenvalue weighted by atomic mass is 16.5. The molecule has 0 aliphatic heterocycles. The summed E-state index contributed by atoms with van der Waals surface area (Å²) in [6.07, 6.45) is 0. The van der Waals surface area contributed by atoms with E-state index in [9.17, 15) is 14.4 Å². The molecule has 0 aliphatic carbocycles. The number of benzene rings is 2. The number of rotatable bonds is 9. The van der Waals surface area contributed by atoms with E-state index in [0.29, 0.717) is 35.8 Å². The fourth-order valence-electron chi connectivity index (χ4n) is 2.37. The lowest BCUT2D eigenvalue weighted by atomic mass is 10.2. The second-order valence-electron chi connectivity index (χ2n) is 5.99. The molecule has 148 valence electrons. The van der Waals surface area contributed by atoms with Gasteiger partial charge in [0, 0.05) is 43.2 Å². The van der Waals surface area contributed by atoms with Crippen molar-refractivity contribution in [1.82, 2.24) is 5.32 Å². The number of hydrogen-bond acceptors (Lipinski definition) is 5. The first kappa shape index (κ1) is 20.9. The average Bonchev–Trinajstić information content (AvgIpc) is 2.68. The molecule has 0 atom stereocenters. The Labute approximate surface area is 163 Å². The van der Waals surface area contributed by atoms with Crippen molar-refractivity contribution in [3.05, 3.63) is 54.1 Å². The third-order valence-electron chi connectivity index (χ3n) is 3.66. The van der Waals surface area contributed by atoms with Crippen LogP contribution in [-0.2, 0) is 14.3 Å². The Kier molecular flexibility index (Phi) is 7.98. The van der Waals surface area contributed by atoms with Crippen LogP contribution in [0.1, 0.15) is 17.3 Å². The van der Waals surface area contributed by atoms with Crippen molar-refractivity contribution in [2.45, 2.75) is 6.92 Å². The van der Waals surface area contributed by atoms with Crippen molar-refractivity contribution in [3.8, 4) is 0 Å². The predicted molar refractivity (Wildman–Crippen MR) is 109 cm³/mol. The van der Waals surface area contributed by atoms with Crippen LogP contribution in [-0.4, -0.2) is 44.5 Å². The van der Waals surface area contributed by atoms with Crippen LogP contribution < -0.4 is 21.3 Å². The number of anilines is 3. The van der Waals surface area contributed by atoms with E-state index >= 15 is 0 Å². The van der Waals surface area contributed by atoms with E-state index in [1.165, 1.54) is 6.92 Å². The van der Waals surface area contributed by atoms with Crippen LogP contribution in [0.5, 0.6) is 0 Å². The fraction of sp³-hybridized carbons (Fsp3) is 0.250. The summed E-state index contributed by atoms with van der Waals surface area (Å²) in [6, 6.07) is 13.7. The number of nitrogens with one attached hydrogen (secondary N) is 4. The van der Waals surface area contributed by atoms with Gasteiger partial charge in [-0.3, -0.25) is 14.4 Å². The first-order valence-corrected chi connectivity index (χ1v) is 8.76. The van der Waals surface area contributed by atoms with Gasteiger partial charge in [0.15, 0.2) is 0 Å². The summed E-state index contributed by atoms with van der Waals surface area (Å²) in [4.78, 5) is 35.2. The maximum Gasteiger partial charge on any atom is 0.251 e. The number of hydrogen-bond donors (Lipinski definition) is 4. The largest absolute Gasteiger partial charge is 0.383 e. The molecule has 8 heteroatoms. The molecule has 0 spiro atoms. The zero-order valence-electron chi connectivity index (χ0n) is 15.9. The summed E-state index contributed by atoms with van der Waals surface area (Å²) in [7, 11) is 1.57. The number of amides is 3. The minimum absolute atomic E-state index is 0.0438. The first-order chi connectivity index (χ1) is 13.5. The third kappa shape index (κ3) is 7.08. The van der Waals surface area contributed by atoms with E-state index in [1.807, 2.05) is 0 Å². The quantitative estimate of drug-likeness (QED) is 0.495. The van der Waals surface area contributed by atoms with Crippen molar-refractivity contribution in [2.75, 3.05) is 42.8 Å². The summed E-state index contributed by atoms with van der Waals surface area (Å²) < 4.78 is 4.90. The molecule has 3 amide bonds. The van der Waals surface area contributed by atoms with Crippen LogP contribution in [0.15, 0.2) is 48.5 Å². The lowest BCUT2D eigenvalue weighted by Crippen LogP contribution is -2.27. The molecule has 0 radical (unpaired) electrons. The Bertz CT molecular complexity index is 821. The second-order valence-corrected chi connectivity index (χ2v) is 5.99. The van der Waals surface area contributed by atoms with Gasteiger partial charge in [0.25, 0.3) is 5.91 Å². The van der Waals surface area contributed by atoms with Gasteiger partial charge in [-0.05, 0) is 42.5 Å². The lowest BCUT2D eigenvalue weighted by molar-refractivity contribution is -0.115. The van der Waals surface area contributed by atoms with Gasteiger partial charge in [-0.15, -0.1) is 0 Å². The number of methoxy groups -OCH3 is 1. The zero-order valence-corrected chi connectivity index (χ0v) is 15.9. The van der Waals surface area contributed by atoms with Crippen LogP contribution in [0.4, 0.5) is 17.1 Å². The molecular weight excluding hydrogens is 360 g/mol. The fourth-order valence-corrected chi connectivity index (χ4v) is 2.37. The van der Waals surface area contributed by atoms with Crippen LogP contribution in [0.2, 0.25) is 0 Å². The molecule has 0 unspecified atom stereocenters. The van der Waals surface area contributed by atoms with Crippen molar-refractivity contribution < 1.29 is 19.1 Å². The normalized spacial score (nSPS) is 10.1. The molecule has 28 heavy (non-hydrogen) atoms. The van der Waals surface area contributed by atoms with Gasteiger partial charge < -0.3 is 26.0 Å². The highest BCUT2D eigenvalue weighted by Crippen LogP contribution is 2.14. The summed E-state index contributed by atoms with van der Waals surface area (Å²) in [5.41, 5.74) is 2.43. The maximum absolute atomic E-state index is 12.1. The highest BCUT2D eigenvalue weighted by molar-refractivity contribution is 5.96. The van der Waals surface area contributed by atoms with Crippen LogP contribution >= 0.6 is 0 Å². The Hall–Kier alpha value is -3.39. The Morgan fingerprint density at radius 1 is 0.929 bits per heavy atom. The Balaban J connectivity index is 1.84. The molecule has 0 aromatic heterocycles. The molecule has 4 N–H and O–H groups in total. The molecule has 0 aliphatic rings. The smallest absolute Gasteiger partial charge is 0.251 e. The van der Waals surface area contributed by atoms with Gasteiger partial charge in [0.2, 0.25) is 11.8 Å². The van der Waals surface area contributed by atoms with Crippen molar-refractivity contribution >= 4 is 34.8 Å². The monoisotopic (exact) mass is 384 g/mol. The first-order valence-electron chi connectivity index (χ1n) is 8.76. The van der Waals surface area contributed by atoms with Gasteiger partial charge in [-0.1, -0.05) is 6.07 Å². The molecule has 0 saturated carbocycles. The van der Waals surface area contributed by atoms with Crippen molar-refractivity contribution in [1.29, 1.82) is 0 Å². The number of carbonyl (C=O) groups is 3. The molecule has 2 aromatic rings. The van der Waals surface area contributed by atoms with E-state index in [4.69, 9.17) is 4.74 Å². The molecular formula is C20H24N4O4. The van der Waals surface area contributed by atoms with Crippen LogP contribution in [0.3, 0.4) is 0 Å². The molecule has 0 saturated heterocycles. The lowest BCUT2D eigenvalue weighted by Gasteiger charge is -2.10. The van der Waals surface area contributed by atoms with Gasteiger partial charge in [-0.2, -0.15) is 0 Å². The summed E-state index contributed by atoms with van der Waals surface area (Å²) >= 11 is 0. The Morgan fingerprint density at radius 2 is 1.61 bits per heavy atom. The highest BCUT2D eigenvalue weighted by Gasteiger charge is 2.07. The number of ether oxygens (including phenoxy) is 1. The van der Waals surface area contributed by atoms with Crippen LogP contribution in [0.25, 0.3) is 0 Å². The van der Waals surface area contributed by atoms with Gasteiger partial charge in [0.1, 0.15) is 0 Å². The molecule has 2 rings (SSSR count). The minimum atomic E-state index is -0.234. The zero-order chi connectivity index (χ0) is 20.4. The molecule has 8 nitrogen and oxygen atoms in total. The summed E-state index contributed by atoms with van der Waals surface area (Å²) in [5, 5.41) is 11.2. The minimum Gasteiger partial charge on any atom is -0.383 e. The van der Waals surface area contributed by atoms with E-state index in [-0.39, 0.29) is 24.3 Å². The van der Waals surface area contributed by atoms with Gasteiger partial charge in [0.05, 0.1) is 13.2 Å². The van der Waals surface area contributed by atoms with E-state index in [1.54, 1.807) is 55.6 Å². The van der Waals surface area contributed by atoms with Crippen molar-refractivity contribution in [2.24, 2.45) is 0 Å². The van der Waals surface area contributed by atoms with E-state index < -0.39 is 0 Å². The molecule has 2 aromatic carbocycles. The Morgan fingerprint density at radius 3 is 2.25 bits per heavy atom. The third-order valence-corrected chi connectivity index (χ3v) is 3.66. The maximum atomic E-state index is 12.1. The van der Waals surface area contributed by atoms with Crippen LogP contribution in [0, 0.1) is 0 Å². The number of carbonyl (C=O) groups excluding carboxylic acids is 3. The molecule has 0 fully saturated rings. The average molecular weight is 384 g/mol.